The molecule has 3 N–H and O–H groups in total. The van der Waals surface area contributed by atoms with Crippen LogP contribution >= 0.6 is 12.4 Å². The Bertz CT molecular complexity index is 702. The van der Waals surface area contributed by atoms with E-state index >= 15 is 0 Å². The summed E-state index contributed by atoms with van der Waals surface area (Å²) in [5, 5.41) is 2.99. The Morgan fingerprint density at radius 3 is 2.56 bits per heavy atom. The summed E-state index contributed by atoms with van der Waals surface area (Å²) in [4.78, 5) is 12.2. The molecule has 0 fully saturated rings. The number of hydrogen-bond acceptors (Lipinski definition) is 3. The number of amides is 1. The number of benzene rings is 1. The van der Waals surface area contributed by atoms with Gasteiger partial charge >= 0.3 is 0 Å². The van der Waals surface area contributed by atoms with Crippen molar-refractivity contribution in [2.24, 2.45) is 11.7 Å². The monoisotopic (exact) mass is 368 g/mol. The minimum atomic E-state index is -0.418. The molecular weight excluding hydrogens is 343 g/mol. The molecule has 0 bridgehead atoms. The summed E-state index contributed by atoms with van der Waals surface area (Å²) in [6.07, 6.45) is 0.756. The van der Waals surface area contributed by atoms with Crippen molar-refractivity contribution in [1.29, 1.82) is 0 Å². The van der Waals surface area contributed by atoms with Crippen molar-refractivity contribution in [3.63, 3.8) is 0 Å². The van der Waals surface area contributed by atoms with Gasteiger partial charge in [0, 0.05) is 19.4 Å². The Kier molecular flexibility index (Phi) is 7.64. The highest BCUT2D eigenvalue weighted by Crippen LogP contribution is 2.25. The van der Waals surface area contributed by atoms with Crippen molar-refractivity contribution in [2.75, 3.05) is 6.54 Å². The highest BCUT2D eigenvalue weighted by atomic mass is 35.5. The number of carbonyl (C=O) groups excluding carboxylic acids is 1. The maximum absolute atomic E-state index is 13.8. The Morgan fingerprint density at radius 1 is 1.28 bits per heavy atom. The lowest BCUT2D eigenvalue weighted by molar-refractivity contribution is -0.123. The van der Waals surface area contributed by atoms with Crippen LogP contribution in [0.15, 0.2) is 40.8 Å². The SMILES string of the molecule is CC(C)C(C)(CN)NC(=O)CCc1ccc(-c2ccccc2F)o1.Cl. The Balaban J connectivity index is 0.00000312. The fraction of sp³-hybridized carbons (Fsp3) is 0.421. The normalized spacial score (nSPS) is 13.2. The van der Waals surface area contributed by atoms with E-state index in [9.17, 15) is 9.18 Å². The lowest BCUT2D eigenvalue weighted by Gasteiger charge is -2.33. The van der Waals surface area contributed by atoms with Gasteiger partial charge in [0.2, 0.25) is 5.91 Å². The summed E-state index contributed by atoms with van der Waals surface area (Å²) < 4.78 is 19.4. The van der Waals surface area contributed by atoms with Crippen molar-refractivity contribution in [3.05, 3.63) is 48.0 Å². The Hall–Kier alpha value is -1.85. The van der Waals surface area contributed by atoms with Gasteiger partial charge in [-0.3, -0.25) is 4.79 Å². The number of aryl methyl sites for hydroxylation is 1. The van der Waals surface area contributed by atoms with Gasteiger partial charge in [-0.15, -0.1) is 12.4 Å². The molecule has 1 aromatic carbocycles. The van der Waals surface area contributed by atoms with E-state index in [2.05, 4.69) is 5.32 Å². The van der Waals surface area contributed by atoms with Crippen molar-refractivity contribution in [2.45, 2.75) is 39.2 Å². The van der Waals surface area contributed by atoms with E-state index in [0.717, 1.165) is 0 Å². The minimum Gasteiger partial charge on any atom is -0.461 e. The number of carbonyl (C=O) groups is 1. The van der Waals surface area contributed by atoms with Gasteiger partial charge in [0.25, 0.3) is 0 Å². The second-order valence-electron chi connectivity index (χ2n) is 6.57. The van der Waals surface area contributed by atoms with Crippen LogP contribution in [0.25, 0.3) is 11.3 Å². The second kappa shape index (κ2) is 9.02. The number of nitrogens with two attached hydrogens (primary N) is 1. The molecule has 2 aromatic rings. The van der Waals surface area contributed by atoms with Gasteiger partial charge in [-0.1, -0.05) is 26.0 Å². The fourth-order valence-electron chi connectivity index (χ4n) is 2.37. The molecule has 1 amide bonds. The first kappa shape index (κ1) is 21.2. The largest absolute Gasteiger partial charge is 0.461 e. The van der Waals surface area contributed by atoms with E-state index in [0.29, 0.717) is 36.5 Å². The highest BCUT2D eigenvalue weighted by Gasteiger charge is 2.28. The summed E-state index contributed by atoms with van der Waals surface area (Å²) in [5.74, 6) is 0.967. The molecule has 138 valence electrons. The van der Waals surface area contributed by atoms with Crippen LogP contribution in [0.5, 0.6) is 0 Å². The Morgan fingerprint density at radius 2 is 1.96 bits per heavy atom. The molecule has 1 atom stereocenters. The molecule has 1 aromatic heterocycles. The first-order chi connectivity index (χ1) is 11.4. The molecule has 1 unspecified atom stereocenters. The molecule has 25 heavy (non-hydrogen) atoms. The van der Waals surface area contributed by atoms with E-state index in [1.807, 2.05) is 20.8 Å². The first-order valence-electron chi connectivity index (χ1n) is 8.20. The van der Waals surface area contributed by atoms with E-state index < -0.39 is 5.54 Å². The first-order valence-corrected chi connectivity index (χ1v) is 8.20. The number of furan rings is 1. The van der Waals surface area contributed by atoms with Gasteiger partial charge in [0.05, 0.1) is 11.1 Å². The molecule has 0 aliphatic heterocycles. The van der Waals surface area contributed by atoms with Crippen LogP contribution in [0.4, 0.5) is 4.39 Å². The zero-order valence-electron chi connectivity index (χ0n) is 14.8. The predicted octanol–water partition coefficient (Wildman–Crippen LogP) is 3.93. The van der Waals surface area contributed by atoms with Gasteiger partial charge in [0.15, 0.2) is 0 Å². The van der Waals surface area contributed by atoms with Crippen molar-refractivity contribution in [1.82, 2.24) is 5.32 Å². The molecule has 0 saturated heterocycles. The van der Waals surface area contributed by atoms with Crippen LogP contribution in [0.3, 0.4) is 0 Å². The predicted molar refractivity (Wildman–Crippen MR) is 100 cm³/mol. The number of rotatable bonds is 7. The van der Waals surface area contributed by atoms with E-state index in [-0.39, 0.29) is 30.0 Å². The summed E-state index contributed by atoms with van der Waals surface area (Å²) in [6.45, 7) is 6.38. The minimum absolute atomic E-state index is 0. The van der Waals surface area contributed by atoms with Crippen LogP contribution in [0.1, 0.15) is 33.0 Å². The number of hydrogen-bond donors (Lipinski definition) is 2. The van der Waals surface area contributed by atoms with Crippen LogP contribution in [0.2, 0.25) is 0 Å². The van der Waals surface area contributed by atoms with Crippen LogP contribution < -0.4 is 11.1 Å². The zero-order valence-corrected chi connectivity index (χ0v) is 15.7. The molecule has 0 radical (unpaired) electrons. The maximum Gasteiger partial charge on any atom is 0.220 e. The fourth-order valence-corrected chi connectivity index (χ4v) is 2.37. The molecule has 0 aliphatic rings. The maximum atomic E-state index is 13.8. The molecule has 4 nitrogen and oxygen atoms in total. The van der Waals surface area contributed by atoms with E-state index in [1.165, 1.54) is 6.07 Å². The highest BCUT2D eigenvalue weighted by molar-refractivity contribution is 5.85. The zero-order chi connectivity index (χ0) is 17.7. The number of halogens is 2. The quantitative estimate of drug-likeness (QED) is 0.778. The van der Waals surface area contributed by atoms with E-state index in [1.54, 1.807) is 30.3 Å². The van der Waals surface area contributed by atoms with Crippen molar-refractivity contribution < 1.29 is 13.6 Å². The summed E-state index contributed by atoms with van der Waals surface area (Å²) in [6, 6.07) is 9.96. The average molecular weight is 369 g/mol. The van der Waals surface area contributed by atoms with Crippen LogP contribution in [-0.2, 0) is 11.2 Å². The molecule has 0 saturated carbocycles. The lowest BCUT2D eigenvalue weighted by Crippen LogP contribution is -2.55. The van der Waals surface area contributed by atoms with Gasteiger partial charge < -0.3 is 15.5 Å². The molecule has 0 spiro atoms. The van der Waals surface area contributed by atoms with Gasteiger partial charge in [0.1, 0.15) is 17.3 Å². The number of nitrogens with one attached hydrogen (secondary N) is 1. The van der Waals surface area contributed by atoms with Gasteiger partial charge in [-0.05, 0) is 37.1 Å². The third-order valence-corrected chi connectivity index (χ3v) is 4.52. The summed E-state index contributed by atoms with van der Waals surface area (Å²) in [7, 11) is 0. The second-order valence-corrected chi connectivity index (χ2v) is 6.57. The van der Waals surface area contributed by atoms with Gasteiger partial charge in [-0.25, -0.2) is 4.39 Å². The molecule has 0 aliphatic carbocycles. The van der Waals surface area contributed by atoms with Crippen molar-refractivity contribution in [3.8, 4) is 11.3 Å². The summed E-state index contributed by atoms with van der Waals surface area (Å²) in [5.41, 5.74) is 5.78. The molecular formula is C19H26ClFN2O2. The third kappa shape index (κ3) is 5.31. The molecule has 6 heteroatoms. The van der Waals surface area contributed by atoms with Crippen molar-refractivity contribution >= 4 is 18.3 Å². The smallest absolute Gasteiger partial charge is 0.220 e. The van der Waals surface area contributed by atoms with Crippen LogP contribution in [0, 0.1) is 11.7 Å². The lowest BCUT2D eigenvalue weighted by atomic mass is 9.88. The van der Waals surface area contributed by atoms with Crippen LogP contribution in [-0.4, -0.2) is 18.0 Å². The Labute approximate surface area is 154 Å². The third-order valence-electron chi connectivity index (χ3n) is 4.52. The standard InChI is InChI=1S/C19H25FN2O2.ClH/c1-13(2)19(3,12-21)22-18(23)11-9-14-8-10-17(24-14)15-6-4-5-7-16(15)20;/h4-8,10,13H,9,11-12,21H2,1-3H3,(H,22,23);1H. The average Bonchev–Trinajstić information content (AvgIpc) is 3.01. The topological polar surface area (TPSA) is 68.3 Å². The molecule has 2 rings (SSSR count). The molecule has 1 heterocycles. The van der Waals surface area contributed by atoms with E-state index in [4.69, 9.17) is 10.2 Å². The van der Waals surface area contributed by atoms with Gasteiger partial charge in [-0.2, -0.15) is 0 Å². The summed E-state index contributed by atoms with van der Waals surface area (Å²) >= 11 is 0.